The summed E-state index contributed by atoms with van der Waals surface area (Å²) >= 11 is 0. The van der Waals surface area contributed by atoms with E-state index in [2.05, 4.69) is 38.2 Å². The van der Waals surface area contributed by atoms with Crippen LogP contribution in [0.15, 0.2) is 24.3 Å². The van der Waals surface area contributed by atoms with Crippen LogP contribution in [-0.2, 0) is 32.7 Å². The van der Waals surface area contributed by atoms with Crippen LogP contribution in [0.3, 0.4) is 0 Å². The fraction of sp³-hybridized carbons (Fsp3) is 0.887. The van der Waals surface area contributed by atoms with Crippen molar-refractivity contribution in [1.29, 1.82) is 0 Å². The summed E-state index contributed by atoms with van der Waals surface area (Å²) in [5, 5.41) is 0. The number of carbonyl (C=O) groups is 2. The lowest BCUT2D eigenvalue weighted by atomic mass is 10.0. The first-order valence-corrected chi connectivity index (χ1v) is 28.1. The van der Waals surface area contributed by atoms with Gasteiger partial charge in [0.25, 0.3) is 0 Å². The van der Waals surface area contributed by atoms with Crippen LogP contribution in [0.5, 0.6) is 0 Å². The van der Waals surface area contributed by atoms with Crippen LogP contribution in [0.1, 0.15) is 251 Å². The van der Waals surface area contributed by atoms with E-state index in [4.69, 9.17) is 18.5 Å². The van der Waals surface area contributed by atoms with Gasteiger partial charge in [-0.1, -0.05) is 218 Å². The molecule has 0 bridgehead atoms. The van der Waals surface area contributed by atoms with Crippen molar-refractivity contribution in [2.24, 2.45) is 0 Å². The number of phosphoric ester groups is 1. The van der Waals surface area contributed by atoms with Crippen LogP contribution in [0.4, 0.5) is 0 Å². The number of nitrogens with zero attached hydrogens (tertiary/aromatic N) is 1. The average molecular weight is 913 g/mol. The summed E-state index contributed by atoms with van der Waals surface area (Å²) < 4.78 is 34.5. The molecule has 10 heteroatoms. The first kappa shape index (κ1) is 61.5. The van der Waals surface area contributed by atoms with Crippen LogP contribution in [0.2, 0.25) is 0 Å². The largest absolute Gasteiger partial charge is 0.472 e. The lowest BCUT2D eigenvalue weighted by molar-refractivity contribution is -0.870. The molecule has 1 N–H and O–H groups in total. The molecule has 63 heavy (non-hydrogen) atoms. The van der Waals surface area contributed by atoms with E-state index >= 15 is 0 Å². The van der Waals surface area contributed by atoms with Gasteiger partial charge in [-0.05, 0) is 44.9 Å². The van der Waals surface area contributed by atoms with Crippen LogP contribution in [0, 0.1) is 0 Å². The van der Waals surface area contributed by atoms with Crippen molar-refractivity contribution in [3.8, 4) is 0 Å². The van der Waals surface area contributed by atoms with Gasteiger partial charge in [-0.3, -0.25) is 18.6 Å². The number of hydrogen-bond acceptors (Lipinski definition) is 7. The third kappa shape index (κ3) is 49.8. The van der Waals surface area contributed by atoms with Gasteiger partial charge >= 0.3 is 19.8 Å². The number of ether oxygens (including phenoxy) is 2. The highest BCUT2D eigenvalue weighted by molar-refractivity contribution is 7.47. The topological polar surface area (TPSA) is 108 Å². The SMILES string of the molecule is CCCCCCC/C=C\C/C=C\CCCCCCCCCCCCCCCC(=O)OC(COC(=O)CCCCCCCCCCCCCCCC)COP(=O)(O)OCC[N+](C)(C)C. The lowest BCUT2D eigenvalue weighted by Crippen LogP contribution is -2.37. The summed E-state index contributed by atoms with van der Waals surface area (Å²) in [4.78, 5) is 35.5. The summed E-state index contributed by atoms with van der Waals surface area (Å²) in [7, 11) is 1.49. The molecule has 2 atom stereocenters. The number of phosphoric acid groups is 1. The normalized spacial score (nSPS) is 13.6. The van der Waals surface area contributed by atoms with Crippen molar-refractivity contribution in [1.82, 2.24) is 0 Å². The molecule has 0 aliphatic carbocycles. The average Bonchev–Trinajstić information content (AvgIpc) is 3.24. The van der Waals surface area contributed by atoms with Crippen LogP contribution < -0.4 is 0 Å². The molecule has 0 aromatic carbocycles. The van der Waals surface area contributed by atoms with Gasteiger partial charge in [0.1, 0.15) is 19.8 Å². The van der Waals surface area contributed by atoms with Crippen molar-refractivity contribution >= 4 is 19.8 Å². The molecular formula is C53H103NO8P+. The summed E-state index contributed by atoms with van der Waals surface area (Å²) in [6, 6.07) is 0. The second-order valence-corrected chi connectivity index (χ2v) is 20.7. The Balaban J connectivity index is 4.15. The van der Waals surface area contributed by atoms with Crippen LogP contribution in [0.25, 0.3) is 0 Å². The minimum atomic E-state index is -4.38. The summed E-state index contributed by atoms with van der Waals surface area (Å²) in [5.74, 6) is -0.786. The molecule has 0 aliphatic rings. The third-order valence-electron chi connectivity index (χ3n) is 11.7. The van der Waals surface area contributed by atoms with E-state index in [1.807, 2.05) is 21.1 Å². The summed E-state index contributed by atoms with van der Waals surface area (Å²) in [6.45, 7) is 4.45. The molecule has 0 saturated heterocycles. The lowest BCUT2D eigenvalue weighted by Gasteiger charge is -2.24. The van der Waals surface area contributed by atoms with Crippen molar-refractivity contribution in [3.63, 3.8) is 0 Å². The van der Waals surface area contributed by atoms with Crippen molar-refractivity contribution in [2.75, 3.05) is 47.5 Å². The molecule has 0 spiro atoms. The molecule has 0 aromatic rings. The molecule has 9 nitrogen and oxygen atoms in total. The third-order valence-corrected chi connectivity index (χ3v) is 12.7. The minimum absolute atomic E-state index is 0.0342. The van der Waals surface area contributed by atoms with Gasteiger partial charge in [-0.2, -0.15) is 0 Å². The first-order valence-electron chi connectivity index (χ1n) is 26.6. The number of quaternary nitrogens is 1. The Kier molecular flexibility index (Phi) is 44.5. The predicted molar refractivity (Wildman–Crippen MR) is 266 cm³/mol. The molecule has 0 aromatic heterocycles. The summed E-state index contributed by atoms with van der Waals surface area (Å²) in [5.41, 5.74) is 0. The smallest absolute Gasteiger partial charge is 0.462 e. The monoisotopic (exact) mass is 913 g/mol. The fourth-order valence-electron chi connectivity index (χ4n) is 7.58. The number of hydrogen-bond donors (Lipinski definition) is 1. The fourth-order valence-corrected chi connectivity index (χ4v) is 8.32. The Morgan fingerprint density at radius 3 is 1.25 bits per heavy atom. The Morgan fingerprint density at radius 2 is 0.857 bits per heavy atom. The van der Waals surface area contributed by atoms with Gasteiger partial charge in [0.15, 0.2) is 6.10 Å². The molecule has 0 aliphatic heterocycles. The maximum atomic E-state index is 12.8. The number of allylic oxidation sites excluding steroid dienone is 4. The molecule has 372 valence electrons. The molecule has 0 heterocycles. The highest BCUT2D eigenvalue weighted by Crippen LogP contribution is 2.43. The molecule has 0 amide bonds. The van der Waals surface area contributed by atoms with Crippen molar-refractivity contribution in [3.05, 3.63) is 24.3 Å². The minimum Gasteiger partial charge on any atom is -0.462 e. The van der Waals surface area contributed by atoms with Gasteiger partial charge in [0.2, 0.25) is 0 Å². The van der Waals surface area contributed by atoms with Crippen LogP contribution in [-0.4, -0.2) is 74.9 Å². The Bertz CT molecular complexity index is 1120. The van der Waals surface area contributed by atoms with E-state index in [9.17, 15) is 19.0 Å². The summed E-state index contributed by atoms with van der Waals surface area (Å²) in [6.07, 6.45) is 52.3. The molecule has 0 saturated carbocycles. The van der Waals surface area contributed by atoms with Gasteiger partial charge in [-0.15, -0.1) is 0 Å². The Hall–Kier alpha value is -1.51. The maximum absolute atomic E-state index is 12.8. The van der Waals surface area contributed by atoms with E-state index in [0.717, 1.165) is 38.5 Å². The van der Waals surface area contributed by atoms with Crippen molar-refractivity contribution < 1.29 is 42.1 Å². The van der Waals surface area contributed by atoms with Gasteiger partial charge in [0.05, 0.1) is 27.7 Å². The highest BCUT2D eigenvalue weighted by atomic mass is 31.2. The number of likely N-dealkylation sites (N-methyl/N-ethyl adjacent to an activating group) is 1. The second kappa shape index (κ2) is 45.6. The van der Waals surface area contributed by atoms with Gasteiger partial charge < -0.3 is 18.9 Å². The zero-order valence-corrected chi connectivity index (χ0v) is 43.0. The van der Waals surface area contributed by atoms with E-state index in [1.54, 1.807) is 0 Å². The van der Waals surface area contributed by atoms with Gasteiger partial charge in [-0.25, -0.2) is 4.57 Å². The molecule has 0 radical (unpaired) electrons. The molecular weight excluding hydrogens is 810 g/mol. The second-order valence-electron chi connectivity index (χ2n) is 19.3. The number of rotatable bonds is 49. The first-order chi connectivity index (χ1) is 30.5. The Morgan fingerprint density at radius 1 is 0.492 bits per heavy atom. The van der Waals surface area contributed by atoms with Crippen LogP contribution >= 0.6 is 7.82 Å². The van der Waals surface area contributed by atoms with E-state index in [0.29, 0.717) is 23.9 Å². The highest BCUT2D eigenvalue weighted by Gasteiger charge is 2.27. The maximum Gasteiger partial charge on any atom is 0.472 e. The predicted octanol–water partition coefficient (Wildman–Crippen LogP) is 15.9. The zero-order chi connectivity index (χ0) is 46.4. The molecule has 0 fully saturated rings. The number of unbranched alkanes of at least 4 members (excludes halogenated alkanes) is 31. The zero-order valence-electron chi connectivity index (χ0n) is 42.1. The van der Waals surface area contributed by atoms with Crippen molar-refractivity contribution in [2.45, 2.75) is 258 Å². The standard InChI is InChI=1S/C53H102NO8P/c1-6-8-10-12-14-16-18-20-22-23-24-25-26-27-28-29-30-31-32-34-36-38-40-42-44-46-53(56)62-51(50-61-63(57,58)60-48-47-54(3,4)5)49-59-52(55)45-43-41-39-37-35-33-21-19-17-15-13-11-9-7-2/h18,20,23-24,51H,6-17,19,21-22,25-50H2,1-5H3/p+1/b20-18-,24-23-. The number of carbonyl (C=O) groups excluding carboxylic acids is 2. The van der Waals surface area contributed by atoms with E-state index in [-0.39, 0.29) is 25.6 Å². The van der Waals surface area contributed by atoms with E-state index in [1.165, 1.54) is 180 Å². The number of esters is 2. The quantitative estimate of drug-likeness (QED) is 0.0211. The Labute approximate surface area is 389 Å². The molecule has 2 unspecified atom stereocenters. The van der Waals surface area contributed by atoms with E-state index < -0.39 is 26.5 Å². The molecule has 0 rings (SSSR count). The van der Waals surface area contributed by atoms with Gasteiger partial charge in [0, 0.05) is 12.8 Å².